The summed E-state index contributed by atoms with van der Waals surface area (Å²) in [5.41, 5.74) is 4.03. The summed E-state index contributed by atoms with van der Waals surface area (Å²) in [7, 11) is 0. The van der Waals surface area contributed by atoms with Gasteiger partial charge in [-0.15, -0.1) is 0 Å². The zero-order valence-corrected chi connectivity index (χ0v) is 20.7. The van der Waals surface area contributed by atoms with E-state index in [4.69, 9.17) is 16.3 Å². The molecule has 1 aliphatic rings. The fourth-order valence-corrected chi connectivity index (χ4v) is 5.03. The first-order chi connectivity index (χ1) is 17.1. The maximum absolute atomic E-state index is 13.8. The lowest BCUT2D eigenvalue weighted by atomic mass is 10.2. The number of fused-ring (bicyclic) bond motifs is 1. The number of amides is 1. The van der Waals surface area contributed by atoms with Crippen molar-refractivity contribution < 1.29 is 9.53 Å². The first-order valence-corrected chi connectivity index (χ1v) is 12.5. The molecule has 4 aromatic rings. The van der Waals surface area contributed by atoms with Gasteiger partial charge in [0.2, 0.25) is 0 Å². The maximum Gasteiger partial charge on any atom is 0.270 e. The Morgan fingerprint density at radius 2 is 1.60 bits per heavy atom. The van der Waals surface area contributed by atoms with Crippen molar-refractivity contribution in [1.82, 2.24) is 14.4 Å². The summed E-state index contributed by atoms with van der Waals surface area (Å²) >= 11 is 6.26. The van der Waals surface area contributed by atoms with Gasteiger partial charge in [-0.25, -0.2) is 0 Å². The van der Waals surface area contributed by atoms with Crippen molar-refractivity contribution >= 4 is 28.4 Å². The van der Waals surface area contributed by atoms with Crippen LogP contribution in [0.1, 0.15) is 28.5 Å². The molecule has 0 spiro atoms. The van der Waals surface area contributed by atoms with Crippen LogP contribution in [0.5, 0.6) is 5.75 Å². The van der Waals surface area contributed by atoms with Crippen LogP contribution in [0.4, 0.5) is 0 Å². The fraction of sp³-hybridized carbons (Fsp3) is 0.276. The molecule has 180 valence electrons. The molecule has 2 heterocycles. The van der Waals surface area contributed by atoms with Crippen molar-refractivity contribution in [2.75, 3.05) is 32.8 Å². The van der Waals surface area contributed by atoms with Crippen LogP contribution in [0.2, 0.25) is 5.02 Å². The SMILES string of the molecule is CCOc1cccc2c1cc(C(=O)N1CCN(Cc3ccccc3)CC1)n2Cc1cccc(Cl)c1. The van der Waals surface area contributed by atoms with Crippen LogP contribution in [0.25, 0.3) is 10.9 Å². The van der Waals surface area contributed by atoms with Gasteiger partial charge in [0.05, 0.1) is 12.1 Å². The molecule has 0 atom stereocenters. The van der Waals surface area contributed by atoms with Gasteiger partial charge in [-0.05, 0) is 48.4 Å². The second-order valence-corrected chi connectivity index (χ2v) is 9.36. The molecular formula is C29H30ClN3O2. The Bertz CT molecular complexity index is 1310. The molecule has 0 unspecified atom stereocenters. The largest absolute Gasteiger partial charge is 0.493 e. The van der Waals surface area contributed by atoms with Crippen LogP contribution in [0, 0.1) is 0 Å². The number of rotatable bonds is 7. The van der Waals surface area contributed by atoms with Gasteiger partial charge in [0.15, 0.2) is 0 Å². The molecule has 0 bridgehead atoms. The highest BCUT2D eigenvalue weighted by Crippen LogP contribution is 2.31. The summed E-state index contributed by atoms with van der Waals surface area (Å²) in [5.74, 6) is 0.863. The number of carbonyl (C=O) groups excluding carboxylic acids is 1. The quantitative estimate of drug-likeness (QED) is 0.335. The molecule has 5 nitrogen and oxygen atoms in total. The Morgan fingerprint density at radius 3 is 2.34 bits per heavy atom. The molecule has 5 rings (SSSR count). The molecule has 1 saturated heterocycles. The molecule has 0 N–H and O–H groups in total. The fourth-order valence-electron chi connectivity index (χ4n) is 4.82. The lowest BCUT2D eigenvalue weighted by molar-refractivity contribution is 0.0619. The molecule has 0 saturated carbocycles. The van der Waals surface area contributed by atoms with E-state index in [1.807, 2.05) is 60.4 Å². The second-order valence-electron chi connectivity index (χ2n) is 8.92. The minimum atomic E-state index is 0.0602. The molecule has 0 radical (unpaired) electrons. The summed E-state index contributed by atoms with van der Waals surface area (Å²) in [5, 5.41) is 1.65. The van der Waals surface area contributed by atoms with E-state index >= 15 is 0 Å². The molecule has 1 fully saturated rings. The normalized spacial score (nSPS) is 14.4. The molecular weight excluding hydrogens is 458 g/mol. The molecule has 6 heteroatoms. The van der Waals surface area contributed by atoms with Crippen molar-refractivity contribution in [3.8, 4) is 5.75 Å². The first-order valence-electron chi connectivity index (χ1n) is 12.2. The number of carbonyl (C=O) groups is 1. The van der Waals surface area contributed by atoms with E-state index in [0.717, 1.165) is 41.9 Å². The van der Waals surface area contributed by atoms with Crippen LogP contribution >= 0.6 is 11.6 Å². The van der Waals surface area contributed by atoms with Gasteiger partial charge in [-0.2, -0.15) is 0 Å². The van der Waals surface area contributed by atoms with Crippen LogP contribution in [0.15, 0.2) is 78.9 Å². The Labute approximate surface area is 211 Å². The average molecular weight is 488 g/mol. The number of nitrogens with zero attached hydrogens (tertiary/aromatic N) is 3. The van der Waals surface area contributed by atoms with Crippen molar-refractivity contribution in [3.63, 3.8) is 0 Å². The lowest BCUT2D eigenvalue weighted by Crippen LogP contribution is -2.48. The van der Waals surface area contributed by atoms with Gasteiger partial charge in [0, 0.05) is 49.7 Å². The van der Waals surface area contributed by atoms with Gasteiger partial charge < -0.3 is 14.2 Å². The number of ether oxygens (including phenoxy) is 1. The number of aromatic nitrogens is 1. The van der Waals surface area contributed by atoms with Gasteiger partial charge in [0.1, 0.15) is 11.4 Å². The van der Waals surface area contributed by atoms with E-state index in [1.54, 1.807) is 0 Å². The summed E-state index contributed by atoms with van der Waals surface area (Å²) in [6.45, 7) is 7.17. The Morgan fingerprint density at radius 1 is 0.857 bits per heavy atom. The average Bonchev–Trinajstić information content (AvgIpc) is 3.24. The monoisotopic (exact) mass is 487 g/mol. The van der Waals surface area contributed by atoms with E-state index in [9.17, 15) is 4.79 Å². The van der Waals surface area contributed by atoms with Crippen molar-refractivity contribution in [2.24, 2.45) is 0 Å². The Balaban J connectivity index is 1.41. The Hall–Kier alpha value is -3.28. The van der Waals surface area contributed by atoms with Crippen LogP contribution in [0.3, 0.4) is 0 Å². The minimum Gasteiger partial charge on any atom is -0.493 e. The summed E-state index contributed by atoms with van der Waals surface area (Å²) in [6.07, 6.45) is 0. The van der Waals surface area contributed by atoms with Crippen LogP contribution in [-0.4, -0.2) is 53.1 Å². The number of benzene rings is 3. The number of hydrogen-bond acceptors (Lipinski definition) is 3. The molecule has 1 amide bonds. The molecule has 35 heavy (non-hydrogen) atoms. The highest BCUT2D eigenvalue weighted by atomic mass is 35.5. The number of halogens is 1. The highest BCUT2D eigenvalue weighted by molar-refractivity contribution is 6.30. The van der Waals surface area contributed by atoms with Gasteiger partial charge in [0.25, 0.3) is 5.91 Å². The highest BCUT2D eigenvalue weighted by Gasteiger charge is 2.26. The first kappa shape index (κ1) is 23.5. The topological polar surface area (TPSA) is 37.7 Å². The zero-order valence-electron chi connectivity index (χ0n) is 20.0. The lowest BCUT2D eigenvalue weighted by Gasteiger charge is -2.35. The van der Waals surface area contributed by atoms with Crippen LogP contribution < -0.4 is 4.74 Å². The third kappa shape index (κ3) is 5.21. The maximum atomic E-state index is 13.8. The van der Waals surface area contributed by atoms with E-state index < -0.39 is 0 Å². The predicted octanol–water partition coefficient (Wildman–Crippen LogP) is 5.70. The standard InChI is InChI=1S/C29H30ClN3O2/c1-2-35-28-13-7-12-26-25(28)19-27(33(26)21-23-10-6-11-24(30)18-23)29(34)32-16-14-31(15-17-32)20-22-8-4-3-5-9-22/h3-13,18-19H,2,14-17,20-21H2,1H3. The van der Waals surface area contributed by atoms with Crippen LogP contribution in [-0.2, 0) is 13.1 Å². The molecule has 0 aliphatic carbocycles. The van der Waals surface area contributed by atoms with Crippen molar-refractivity contribution in [3.05, 3.63) is 101 Å². The molecule has 1 aliphatic heterocycles. The van der Waals surface area contributed by atoms with Gasteiger partial charge >= 0.3 is 0 Å². The summed E-state index contributed by atoms with van der Waals surface area (Å²) in [4.78, 5) is 18.2. The van der Waals surface area contributed by atoms with E-state index in [2.05, 4.69) is 39.8 Å². The van der Waals surface area contributed by atoms with E-state index in [-0.39, 0.29) is 5.91 Å². The third-order valence-electron chi connectivity index (χ3n) is 6.56. The van der Waals surface area contributed by atoms with Crippen molar-refractivity contribution in [1.29, 1.82) is 0 Å². The summed E-state index contributed by atoms with van der Waals surface area (Å²) < 4.78 is 7.99. The second kappa shape index (κ2) is 10.5. The number of piperazine rings is 1. The molecule has 1 aromatic heterocycles. The summed E-state index contributed by atoms with van der Waals surface area (Å²) in [6, 6.07) is 26.3. The third-order valence-corrected chi connectivity index (χ3v) is 6.80. The van der Waals surface area contributed by atoms with E-state index in [0.29, 0.717) is 37.0 Å². The van der Waals surface area contributed by atoms with Gasteiger partial charge in [-0.3, -0.25) is 9.69 Å². The predicted molar refractivity (Wildman–Crippen MR) is 141 cm³/mol. The number of hydrogen-bond donors (Lipinski definition) is 0. The zero-order chi connectivity index (χ0) is 24.2. The van der Waals surface area contributed by atoms with Gasteiger partial charge in [-0.1, -0.05) is 60.1 Å². The van der Waals surface area contributed by atoms with E-state index in [1.165, 1.54) is 5.56 Å². The Kier molecular flexibility index (Phi) is 7.07. The van der Waals surface area contributed by atoms with Crippen molar-refractivity contribution in [2.45, 2.75) is 20.0 Å². The smallest absolute Gasteiger partial charge is 0.270 e. The minimum absolute atomic E-state index is 0.0602. The molecule has 3 aromatic carbocycles.